The minimum atomic E-state index is -0.293. The van der Waals surface area contributed by atoms with Gasteiger partial charge in [0.15, 0.2) is 0 Å². The molecular weight excluding hydrogens is 268 g/mol. The van der Waals surface area contributed by atoms with Crippen LogP contribution in [0.25, 0.3) is 11.1 Å². The van der Waals surface area contributed by atoms with Gasteiger partial charge in [0.05, 0.1) is 11.6 Å². The Kier molecular flexibility index (Phi) is 4.03. The third-order valence-electron chi connectivity index (χ3n) is 2.51. The second-order valence-electron chi connectivity index (χ2n) is 3.87. The molecule has 0 fully saturated rings. The van der Waals surface area contributed by atoms with Crippen LogP contribution in [0.1, 0.15) is 10.5 Å². The van der Waals surface area contributed by atoms with E-state index in [1.54, 1.807) is 18.3 Å². The number of carbonyl (C=O) groups excluding carboxylic acids is 1. The van der Waals surface area contributed by atoms with Crippen molar-refractivity contribution < 1.29 is 9.90 Å². The number of nitrogens with one attached hydrogen (secondary N) is 2. The predicted molar refractivity (Wildman–Crippen MR) is 72.9 cm³/mol. The molecule has 0 aromatic carbocycles. The molecule has 0 spiro atoms. The molecule has 2 rings (SSSR count). The van der Waals surface area contributed by atoms with Crippen molar-refractivity contribution in [2.45, 2.75) is 0 Å². The molecule has 0 unspecified atom stereocenters. The van der Waals surface area contributed by atoms with Crippen LogP contribution in [0.15, 0.2) is 24.5 Å². The van der Waals surface area contributed by atoms with Crippen molar-refractivity contribution in [3.8, 4) is 11.1 Å². The number of nitrogen functional groups attached to an aromatic ring is 1. The van der Waals surface area contributed by atoms with Crippen molar-refractivity contribution in [2.24, 2.45) is 0 Å². The number of aliphatic hydroxyl groups is 1. The molecule has 2 aromatic rings. The van der Waals surface area contributed by atoms with Crippen LogP contribution < -0.4 is 11.1 Å². The van der Waals surface area contributed by atoms with Gasteiger partial charge in [-0.05, 0) is 12.1 Å². The molecule has 2 aromatic heterocycles. The highest BCUT2D eigenvalue weighted by atomic mass is 35.5. The standard InChI is InChI=1S/C12H13ClN4O2/c13-9-6-17-11(14)4-8(9)7-3-10(16-5-7)12(19)15-1-2-18/h3-6,16,18H,1-2H2,(H2,14,17)(H,15,19). The normalized spacial score (nSPS) is 10.4. The Labute approximate surface area is 114 Å². The number of rotatable bonds is 4. The average Bonchev–Trinajstić information content (AvgIpc) is 2.88. The zero-order chi connectivity index (χ0) is 13.8. The van der Waals surface area contributed by atoms with Gasteiger partial charge in [0, 0.05) is 30.1 Å². The van der Waals surface area contributed by atoms with E-state index < -0.39 is 0 Å². The van der Waals surface area contributed by atoms with E-state index in [9.17, 15) is 4.79 Å². The monoisotopic (exact) mass is 280 g/mol. The Morgan fingerprint density at radius 1 is 1.53 bits per heavy atom. The summed E-state index contributed by atoms with van der Waals surface area (Å²) in [6.07, 6.45) is 3.12. The molecule has 5 N–H and O–H groups in total. The number of hydrogen-bond donors (Lipinski definition) is 4. The summed E-state index contributed by atoms with van der Waals surface area (Å²) < 4.78 is 0. The fourth-order valence-electron chi connectivity index (χ4n) is 1.62. The molecule has 0 saturated carbocycles. The summed E-state index contributed by atoms with van der Waals surface area (Å²) in [5, 5.41) is 11.7. The van der Waals surface area contributed by atoms with Gasteiger partial charge >= 0.3 is 0 Å². The third kappa shape index (κ3) is 3.04. The topological polar surface area (TPSA) is 104 Å². The summed E-state index contributed by atoms with van der Waals surface area (Å²) in [6, 6.07) is 3.30. The number of hydrogen-bond acceptors (Lipinski definition) is 4. The maximum absolute atomic E-state index is 11.7. The number of halogens is 1. The molecule has 0 aliphatic heterocycles. The molecule has 0 saturated heterocycles. The first kappa shape index (κ1) is 13.4. The van der Waals surface area contributed by atoms with Crippen molar-refractivity contribution >= 4 is 23.3 Å². The molecule has 0 atom stereocenters. The number of carbonyl (C=O) groups is 1. The Morgan fingerprint density at radius 2 is 2.32 bits per heavy atom. The molecule has 100 valence electrons. The molecule has 1 amide bonds. The minimum Gasteiger partial charge on any atom is -0.395 e. The van der Waals surface area contributed by atoms with Crippen LogP contribution in [0.5, 0.6) is 0 Å². The van der Waals surface area contributed by atoms with Crippen LogP contribution in [0, 0.1) is 0 Å². The number of nitrogens with two attached hydrogens (primary N) is 1. The van der Waals surface area contributed by atoms with Gasteiger partial charge in [-0.3, -0.25) is 4.79 Å². The van der Waals surface area contributed by atoms with Gasteiger partial charge in [-0.2, -0.15) is 0 Å². The van der Waals surface area contributed by atoms with E-state index in [-0.39, 0.29) is 19.1 Å². The Hall–Kier alpha value is -2.05. The van der Waals surface area contributed by atoms with Crippen molar-refractivity contribution in [1.29, 1.82) is 0 Å². The smallest absolute Gasteiger partial charge is 0.267 e. The van der Waals surface area contributed by atoms with E-state index in [1.165, 1.54) is 6.20 Å². The number of nitrogens with zero attached hydrogens (tertiary/aromatic N) is 1. The molecule has 0 aliphatic rings. The highest BCUT2D eigenvalue weighted by Crippen LogP contribution is 2.28. The number of H-pyrrole nitrogens is 1. The van der Waals surface area contributed by atoms with Crippen molar-refractivity contribution in [2.75, 3.05) is 18.9 Å². The van der Waals surface area contributed by atoms with E-state index in [1.807, 2.05) is 0 Å². The number of aliphatic hydroxyl groups excluding tert-OH is 1. The van der Waals surface area contributed by atoms with Crippen molar-refractivity contribution in [3.63, 3.8) is 0 Å². The summed E-state index contributed by atoms with van der Waals surface area (Å²) in [4.78, 5) is 18.4. The SMILES string of the molecule is Nc1cc(-c2c[nH]c(C(=O)NCCO)c2)c(Cl)cn1. The van der Waals surface area contributed by atoms with Crippen LogP contribution in [-0.2, 0) is 0 Å². The lowest BCUT2D eigenvalue weighted by atomic mass is 10.1. The molecule has 19 heavy (non-hydrogen) atoms. The van der Waals surface area contributed by atoms with Gasteiger partial charge in [-0.25, -0.2) is 4.98 Å². The molecular formula is C12H13ClN4O2. The Bertz CT molecular complexity index is 597. The highest BCUT2D eigenvalue weighted by Gasteiger charge is 2.11. The van der Waals surface area contributed by atoms with Gasteiger partial charge in [0.25, 0.3) is 5.91 Å². The lowest BCUT2D eigenvalue weighted by molar-refractivity contribution is 0.0940. The number of anilines is 1. The van der Waals surface area contributed by atoms with Crippen LogP contribution >= 0.6 is 11.6 Å². The molecule has 0 radical (unpaired) electrons. The number of amides is 1. The van der Waals surface area contributed by atoms with Gasteiger partial charge in [0.2, 0.25) is 0 Å². The summed E-state index contributed by atoms with van der Waals surface area (Å²) in [5.74, 6) is 0.0605. The van der Waals surface area contributed by atoms with Crippen molar-refractivity contribution in [3.05, 3.63) is 35.2 Å². The Balaban J connectivity index is 2.25. The second kappa shape index (κ2) is 5.73. The summed E-state index contributed by atoms with van der Waals surface area (Å²) in [5.41, 5.74) is 7.44. The average molecular weight is 281 g/mol. The molecule has 2 heterocycles. The summed E-state index contributed by atoms with van der Waals surface area (Å²) in [7, 11) is 0. The van der Waals surface area contributed by atoms with Gasteiger partial charge in [-0.15, -0.1) is 0 Å². The number of aromatic nitrogens is 2. The van der Waals surface area contributed by atoms with Gasteiger partial charge < -0.3 is 21.1 Å². The maximum Gasteiger partial charge on any atom is 0.267 e. The van der Waals surface area contributed by atoms with Crippen molar-refractivity contribution in [1.82, 2.24) is 15.3 Å². The van der Waals surface area contributed by atoms with E-state index in [0.29, 0.717) is 22.1 Å². The second-order valence-corrected chi connectivity index (χ2v) is 4.28. The maximum atomic E-state index is 11.7. The number of aromatic amines is 1. The van der Waals surface area contributed by atoms with E-state index in [0.717, 1.165) is 5.56 Å². The first-order chi connectivity index (χ1) is 9.11. The van der Waals surface area contributed by atoms with Gasteiger partial charge in [-0.1, -0.05) is 11.6 Å². The fourth-order valence-corrected chi connectivity index (χ4v) is 1.83. The van der Waals surface area contributed by atoms with E-state index >= 15 is 0 Å². The zero-order valence-electron chi connectivity index (χ0n) is 9.98. The largest absolute Gasteiger partial charge is 0.395 e. The third-order valence-corrected chi connectivity index (χ3v) is 2.81. The molecule has 6 nitrogen and oxygen atoms in total. The quantitative estimate of drug-likeness (QED) is 0.671. The predicted octanol–water partition coefficient (Wildman–Crippen LogP) is 1.03. The highest BCUT2D eigenvalue weighted by molar-refractivity contribution is 6.33. The number of pyridine rings is 1. The molecule has 0 aliphatic carbocycles. The van der Waals surface area contributed by atoms with Crippen LogP contribution in [0.4, 0.5) is 5.82 Å². The van der Waals surface area contributed by atoms with Gasteiger partial charge in [0.1, 0.15) is 11.5 Å². The van der Waals surface area contributed by atoms with Crippen LogP contribution in [0.2, 0.25) is 5.02 Å². The van der Waals surface area contributed by atoms with E-state index in [4.69, 9.17) is 22.4 Å². The lowest BCUT2D eigenvalue weighted by Crippen LogP contribution is -2.26. The lowest BCUT2D eigenvalue weighted by Gasteiger charge is -2.02. The first-order valence-electron chi connectivity index (χ1n) is 5.60. The minimum absolute atomic E-state index is 0.105. The zero-order valence-corrected chi connectivity index (χ0v) is 10.7. The first-order valence-corrected chi connectivity index (χ1v) is 5.98. The fraction of sp³-hybridized carbons (Fsp3) is 0.167. The Morgan fingerprint density at radius 3 is 3.05 bits per heavy atom. The summed E-state index contributed by atoms with van der Waals surface area (Å²) in [6.45, 7) is 0.0994. The van der Waals surface area contributed by atoms with E-state index in [2.05, 4.69) is 15.3 Å². The van der Waals surface area contributed by atoms with Crippen LogP contribution in [0.3, 0.4) is 0 Å². The molecule has 0 bridgehead atoms. The molecule has 7 heteroatoms. The summed E-state index contributed by atoms with van der Waals surface area (Å²) >= 11 is 6.04. The van der Waals surface area contributed by atoms with Crippen LogP contribution in [-0.4, -0.2) is 34.1 Å².